The number of hydrogen-bond donors (Lipinski definition) is 2. The van der Waals surface area contributed by atoms with E-state index in [1.807, 2.05) is 13.8 Å². The molecule has 0 aromatic carbocycles. The van der Waals surface area contributed by atoms with Gasteiger partial charge in [-0.1, -0.05) is 26.7 Å². The van der Waals surface area contributed by atoms with E-state index in [9.17, 15) is 9.59 Å². The molecule has 0 spiro atoms. The van der Waals surface area contributed by atoms with Crippen molar-refractivity contribution in [2.45, 2.75) is 52.4 Å². The second-order valence-electron chi connectivity index (χ2n) is 3.77. The van der Waals surface area contributed by atoms with Crippen LogP contribution >= 0.6 is 0 Å². The van der Waals surface area contributed by atoms with E-state index in [0.29, 0.717) is 25.7 Å². The van der Waals surface area contributed by atoms with Crippen molar-refractivity contribution >= 4 is 35.8 Å². The third kappa shape index (κ3) is 7.41. The minimum Gasteiger partial charge on any atom is -0.478 e. The molecule has 0 saturated carbocycles. The van der Waals surface area contributed by atoms with Gasteiger partial charge in [0.05, 0.1) is 0 Å². The molecule has 5 heteroatoms. The Kier molecular flexibility index (Phi) is 11.8. The normalized spacial score (nSPS) is 11.4. The quantitative estimate of drug-likeness (QED) is 0.523. The van der Waals surface area contributed by atoms with Crippen LogP contribution in [0.25, 0.3) is 0 Å². The number of carboxylic acid groups (broad SMARTS) is 2. The summed E-state index contributed by atoms with van der Waals surface area (Å²) in [6.07, 6.45) is 3.83. The van der Waals surface area contributed by atoms with E-state index in [0.717, 1.165) is 12.8 Å². The zero-order valence-corrected chi connectivity index (χ0v) is 13.3. The van der Waals surface area contributed by atoms with Crippen LogP contribution < -0.4 is 0 Å². The Morgan fingerprint density at radius 2 is 1.12 bits per heavy atom. The molecule has 17 heavy (non-hydrogen) atoms. The molecule has 0 amide bonds. The number of aliphatic carboxylic acids is 2. The molecular weight excluding hydrogens is 327 g/mol. The van der Waals surface area contributed by atoms with Gasteiger partial charge in [-0.25, -0.2) is 9.59 Å². The van der Waals surface area contributed by atoms with Crippen molar-refractivity contribution < 1.29 is 19.8 Å². The van der Waals surface area contributed by atoms with Crippen LogP contribution in [-0.4, -0.2) is 46.1 Å². The van der Waals surface area contributed by atoms with Crippen LogP contribution in [0.4, 0.5) is 0 Å². The Morgan fingerprint density at radius 3 is 1.29 bits per heavy atom. The van der Waals surface area contributed by atoms with Crippen molar-refractivity contribution in [1.29, 1.82) is 0 Å². The summed E-state index contributed by atoms with van der Waals surface area (Å²) in [7, 11) is 0. The van der Waals surface area contributed by atoms with Crippen molar-refractivity contribution in [3.8, 4) is 0 Å². The maximum Gasteiger partial charge on any atom is 0.332 e. The number of carbonyl (C=O) groups is 2. The fourth-order valence-electron chi connectivity index (χ4n) is 1.48. The molecule has 0 aromatic rings. The van der Waals surface area contributed by atoms with Crippen molar-refractivity contribution in [3.63, 3.8) is 0 Å². The molecule has 0 heterocycles. The van der Waals surface area contributed by atoms with E-state index >= 15 is 0 Å². The average molecular weight is 347 g/mol. The van der Waals surface area contributed by atoms with E-state index in [1.165, 1.54) is 0 Å². The van der Waals surface area contributed by atoms with Crippen LogP contribution in [0, 0.1) is 0 Å². The summed E-state index contributed by atoms with van der Waals surface area (Å²) < 4.78 is 0. The first-order valence-corrected chi connectivity index (χ1v) is 5.73. The largest absolute Gasteiger partial charge is 0.478 e. The number of carboxylic acids is 2. The molecule has 4 nitrogen and oxygen atoms in total. The second-order valence-corrected chi connectivity index (χ2v) is 3.77. The summed E-state index contributed by atoms with van der Waals surface area (Å²) in [5.41, 5.74) is 0.144. The predicted molar refractivity (Wildman–Crippen MR) is 67.1 cm³/mol. The van der Waals surface area contributed by atoms with Gasteiger partial charge in [0.2, 0.25) is 0 Å². The molecule has 4 radical (unpaired) electrons. The maximum absolute atomic E-state index is 11.0. The Bertz CT molecular complexity index is 256. The number of hydrogen-bond acceptors (Lipinski definition) is 2. The summed E-state index contributed by atoms with van der Waals surface area (Å²) in [6, 6.07) is 0. The van der Waals surface area contributed by atoms with Gasteiger partial charge < -0.3 is 10.2 Å². The van der Waals surface area contributed by atoms with Crippen LogP contribution in [0.15, 0.2) is 11.1 Å². The summed E-state index contributed by atoms with van der Waals surface area (Å²) in [4.78, 5) is 22.0. The Labute approximate surface area is 119 Å². The van der Waals surface area contributed by atoms with Crippen molar-refractivity contribution in [1.82, 2.24) is 0 Å². The van der Waals surface area contributed by atoms with Crippen LogP contribution in [-0.2, 0) is 9.59 Å². The zero-order chi connectivity index (χ0) is 12.6. The summed E-state index contributed by atoms with van der Waals surface area (Å²) in [6.45, 7) is 3.90. The number of unbranched alkanes of at least 4 members (excludes halogenated alkanes) is 2. The Hall–Kier alpha value is -0.521. The van der Waals surface area contributed by atoms with Crippen LogP contribution in [0.1, 0.15) is 52.4 Å². The topological polar surface area (TPSA) is 74.6 Å². The molecule has 0 aliphatic carbocycles. The standard InChI is InChI=1S/C12H20O4.Sn/c1-3-5-7-9(11(13)14)10(12(15)16)8-6-4-2;/h3-8H2,1-2H3,(H,13,14)(H,15,16);. The Morgan fingerprint density at radius 1 is 0.824 bits per heavy atom. The molecule has 0 rings (SSSR count). The first kappa shape index (κ1) is 18.8. The van der Waals surface area contributed by atoms with E-state index in [1.54, 1.807) is 0 Å². The minimum absolute atomic E-state index is 0. The van der Waals surface area contributed by atoms with Gasteiger partial charge in [0, 0.05) is 35.1 Å². The molecule has 0 aromatic heterocycles. The van der Waals surface area contributed by atoms with Crippen molar-refractivity contribution in [2.75, 3.05) is 0 Å². The van der Waals surface area contributed by atoms with Gasteiger partial charge >= 0.3 is 11.9 Å². The van der Waals surface area contributed by atoms with Gasteiger partial charge in [0.1, 0.15) is 0 Å². The van der Waals surface area contributed by atoms with E-state index in [4.69, 9.17) is 10.2 Å². The van der Waals surface area contributed by atoms with Crippen molar-refractivity contribution in [2.24, 2.45) is 0 Å². The molecular formula is C12H20O4Sn. The predicted octanol–water partition coefficient (Wildman–Crippen LogP) is 2.45. The molecule has 2 N–H and O–H groups in total. The summed E-state index contributed by atoms with van der Waals surface area (Å²) >= 11 is 0. The smallest absolute Gasteiger partial charge is 0.332 e. The fraction of sp³-hybridized carbons (Fsp3) is 0.667. The van der Waals surface area contributed by atoms with Gasteiger partial charge in [-0.05, 0) is 25.7 Å². The van der Waals surface area contributed by atoms with Crippen LogP contribution in [0.5, 0.6) is 0 Å². The maximum atomic E-state index is 11.0. The molecule has 0 aliphatic rings. The Balaban J connectivity index is 0. The minimum atomic E-state index is -1.10. The van der Waals surface area contributed by atoms with Gasteiger partial charge in [-0.2, -0.15) is 0 Å². The van der Waals surface area contributed by atoms with Crippen LogP contribution in [0.2, 0.25) is 0 Å². The molecule has 0 unspecified atom stereocenters. The molecule has 0 saturated heterocycles. The first-order valence-electron chi connectivity index (χ1n) is 5.73. The molecule has 0 aliphatic heterocycles. The van der Waals surface area contributed by atoms with Crippen molar-refractivity contribution in [3.05, 3.63) is 11.1 Å². The van der Waals surface area contributed by atoms with E-state index < -0.39 is 11.9 Å². The third-order valence-corrected chi connectivity index (χ3v) is 2.44. The van der Waals surface area contributed by atoms with Gasteiger partial charge in [-0.3, -0.25) is 0 Å². The molecule has 0 bridgehead atoms. The summed E-state index contributed by atoms with van der Waals surface area (Å²) in [5, 5.41) is 18.0. The van der Waals surface area contributed by atoms with E-state index in [-0.39, 0.29) is 35.1 Å². The number of rotatable bonds is 8. The summed E-state index contributed by atoms with van der Waals surface area (Å²) in [5.74, 6) is -2.19. The average Bonchev–Trinajstić information content (AvgIpc) is 2.21. The SMILES string of the molecule is CCCCC(C(=O)O)=C(CCCC)C(=O)O.[Sn]. The molecule has 0 fully saturated rings. The molecule has 0 atom stereocenters. The first-order chi connectivity index (χ1) is 7.54. The van der Waals surface area contributed by atoms with Gasteiger partial charge in [-0.15, -0.1) is 0 Å². The molecule has 96 valence electrons. The zero-order valence-electron chi connectivity index (χ0n) is 10.5. The van der Waals surface area contributed by atoms with E-state index in [2.05, 4.69) is 0 Å². The second kappa shape index (κ2) is 10.6. The fourth-order valence-corrected chi connectivity index (χ4v) is 1.48. The monoisotopic (exact) mass is 348 g/mol. The van der Waals surface area contributed by atoms with Gasteiger partial charge in [0.25, 0.3) is 0 Å². The third-order valence-electron chi connectivity index (χ3n) is 2.44. The van der Waals surface area contributed by atoms with Crippen LogP contribution in [0.3, 0.4) is 0 Å². The van der Waals surface area contributed by atoms with Gasteiger partial charge in [0.15, 0.2) is 0 Å².